The quantitative estimate of drug-likeness (QED) is 0.744. The van der Waals surface area contributed by atoms with E-state index in [1.165, 1.54) is 18.2 Å². The second-order valence-corrected chi connectivity index (χ2v) is 7.58. The molecule has 0 spiro atoms. The van der Waals surface area contributed by atoms with E-state index in [9.17, 15) is 12.8 Å². The van der Waals surface area contributed by atoms with Crippen molar-refractivity contribution in [3.63, 3.8) is 0 Å². The lowest BCUT2D eigenvalue weighted by Crippen LogP contribution is -2.45. The highest BCUT2D eigenvalue weighted by Gasteiger charge is 2.22. The topological polar surface area (TPSA) is 49.4 Å². The Morgan fingerprint density at radius 3 is 2.20 bits per heavy atom. The molecule has 0 aliphatic rings. The minimum atomic E-state index is -3.88. The van der Waals surface area contributed by atoms with Crippen molar-refractivity contribution < 1.29 is 12.8 Å². The molecule has 0 aliphatic heterocycles. The fourth-order valence-corrected chi connectivity index (χ4v) is 4.05. The number of halogens is 1. The zero-order valence-corrected chi connectivity index (χ0v) is 15.5. The van der Waals surface area contributed by atoms with Gasteiger partial charge >= 0.3 is 0 Å². The van der Waals surface area contributed by atoms with E-state index in [2.05, 4.69) is 9.62 Å². The largest absolute Gasteiger partial charge is 0.299 e. The number of nitrogens with one attached hydrogen (secondary N) is 1. The van der Waals surface area contributed by atoms with Gasteiger partial charge in [0.25, 0.3) is 0 Å². The first kappa shape index (κ1) is 19.6. The minimum absolute atomic E-state index is 0.000974. The Bertz CT molecular complexity index is 762. The van der Waals surface area contributed by atoms with E-state index in [-0.39, 0.29) is 17.5 Å². The van der Waals surface area contributed by atoms with Crippen LogP contribution in [0.3, 0.4) is 0 Å². The van der Waals surface area contributed by atoms with Gasteiger partial charge in [-0.05, 0) is 37.2 Å². The first-order chi connectivity index (χ1) is 12.0. The van der Waals surface area contributed by atoms with Gasteiger partial charge < -0.3 is 0 Å². The van der Waals surface area contributed by atoms with Crippen molar-refractivity contribution in [1.29, 1.82) is 0 Å². The standard InChI is InChI=1S/C19H25FN2O2S/c1-3-22(4-2)17(14-16-10-6-5-7-11-16)15-21-25(23,24)19-13-9-8-12-18(19)20/h5-13,17,21H,3-4,14-15H2,1-2H3. The predicted octanol–water partition coefficient (Wildman–Crippen LogP) is 3.06. The fourth-order valence-electron chi connectivity index (χ4n) is 2.90. The summed E-state index contributed by atoms with van der Waals surface area (Å²) in [4.78, 5) is 1.89. The zero-order chi connectivity index (χ0) is 18.3. The Balaban J connectivity index is 2.15. The van der Waals surface area contributed by atoms with E-state index in [0.29, 0.717) is 0 Å². The molecule has 6 heteroatoms. The third-order valence-corrected chi connectivity index (χ3v) is 5.73. The number of likely N-dealkylation sites (N-methyl/N-ethyl adjacent to an activating group) is 1. The Labute approximate surface area is 149 Å². The molecule has 0 saturated heterocycles. The van der Waals surface area contributed by atoms with Crippen LogP contribution in [0.25, 0.3) is 0 Å². The molecule has 0 aliphatic carbocycles. The molecule has 0 aromatic heterocycles. The van der Waals surface area contributed by atoms with Gasteiger partial charge in [0.15, 0.2) is 0 Å². The third-order valence-electron chi connectivity index (χ3n) is 4.28. The van der Waals surface area contributed by atoms with E-state index in [1.807, 2.05) is 44.2 Å². The number of sulfonamides is 1. The van der Waals surface area contributed by atoms with E-state index < -0.39 is 15.8 Å². The number of rotatable bonds is 9. The lowest BCUT2D eigenvalue weighted by molar-refractivity contribution is 0.216. The van der Waals surface area contributed by atoms with E-state index in [4.69, 9.17) is 0 Å². The Hall–Kier alpha value is -1.76. The van der Waals surface area contributed by atoms with Crippen LogP contribution in [0.1, 0.15) is 19.4 Å². The van der Waals surface area contributed by atoms with Crippen LogP contribution in [0, 0.1) is 5.82 Å². The molecular weight excluding hydrogens is 339 g/mol. The van der Waals surface area contributed by atoms with Crippen molar-refractivity contribution in [3.8, 4) is 0 Å². The van der Waals surface area contributed by atoms with E-state index >= 15 is 0 Å². The predicted molar refractivity (Wildman–Crippen MR) is 98.4 cm³/mol. The third kappa shape index (κ3) is 5.36. The second-order valence-electron chi connectivity index (χ2n) is 5.85. The molecule has 136 valence electrons. The maximum atomic E-state index is 13.8. The van der Waals surface area contributed by atoms with Crippen molar-refractivity contribution in [3.05, 3.63) is 66.0 Å². The highest BCUT2D eigenvalue weighted by atomic mass is 32.2. The highest BCUT2D eigenvalue weighted by Crippen LogP contribution is 2.14. The minimum Gasteiger partial charge on any atom is -0.299 e. The Morgan fingerprint density at radius 2 is 1.60 bits per heavy atom. The van der Waals surface area contributed by atoms with Crippen LogP contribution in [0.15, 0.2) is 59.5 Å². The average Bonchev–Trinajstić information content (AvgIpc) is 2.61. The summed E-state index contributed by atoms with van der Waals surface area (Å²) in [5.74, 6) is -0.738. The molecule has 1 N–H and O–H groups in total. The molecule has 4 nitrogen and oxygen atoms in total. The van der Waals surface area contributed by atoms with Crippen molar-refractivity contribution in [1.82, 2.24) is 9.62 Å². The monoisotopic (exact) mass is 364 g/mol. The summed E-state index contributed by atoms with van der Waals surface area (Å²) >= 11 is 0. The van der Waals surface area contributed by atoms with Crippen LogP contribution in [-0.2, 0) is 16.4 Å². The van der Waals surface area contributed by atoms with Gasteiger partial charge in [0.1, 0.15) is 10.7 Å². The van der Waals surface area contributed by atoms with Gasteiger partial charge in [-0.15, -0.1) is 0 Å². The summed E-state index contributed by atoms with van der Waals surface area (Å²) in [6.07, 6.45) is 0.725. The van der Waals surface area contributed by atoms with E-state index in [0.717, 1.165) is 31.1 Å². The second kappa shape index (κ2) is 9.08. The van der Waals surface area contributed by atoms with Crippen LogP contribution in [0.2, 0.25) is 0 Å². The van der Waals surface area contributed by atoms with Crippen LogP contribution < -0.4 is 4.72 Å². The SMILES string of the molecule is CCN(CC)C(CNS(=O)(=O)c1ccccc1F)Cc1ccccc1. The average molecular weight is 364 g/mol. The Kier molecular flexibility index (Phi) is 7.11. The molecule has 0 bridgehead atoms. The van der Waals surface area contributed by atoms with Gasteiger partial charge in [-0.25, -0.2) is 17.5 Å². The van der Waals surface area contributed by atoms with Crippen molar-refractivity contribution in [2.75, 3.05) is 19.6 Å². The fraction of sp³-hybridized carbons (Fsp3) is 0.368. The highest BCUT2D eigenvalue weighted by molar-refractivity contribution is 7.89. The number of nitrogens with zero attached hydrogens (tertiary/aromatic N) is 1. The number of benzene rings is 2. The molecule has 25 heavy (non-hydrogen) atoms. The summed E-state index contributed by atoms with van der Waals surface area (Å²) in [6.45, 7) is 5.96. The maximum absolute atomic E-state index is 13.8. The van der Waals surface area contributed by atoms with Crippen LogP contribution in [0.5, 0.6) is 0 Å². The van der Waals surface area contributed by atoms with Crippen LogP contribution in [-0.4, -0.2) is 39.0 Å². The van der Waals surface area contributed by atoms with E-state index in [1.54, 1.807) is 0 Å². The van der Waals surface area contributed by atoms with Gasteiger partial charge in [0.05, 0.1) is 0 Å². The molecule has 0 fully saturated rings. The number of hydrogen-bond donors (Lipinski definition) is 1. The van der Waals surface area contributed by atoms with Crippen molar-refractivity contribution in [2.45, 2.75) is 31.2 Å². The Morgan fingerprint density at radius 1 is 1.00 bits per heavy atom. The van der Waals surface area contributed by atoms with Crippen LogP contribution in [0.4, 0.5) is 4.39 Å². The van der Waals surface area contributed by atoms with Gasteiger partial charge in [0.2, 0.25) is 10.0 Å². The smallest absolute Gasteiger partial charge is 0.243 e. The van der Waals surface area contributed by atoms with Crippen molar-refractivity contribution >= 4 is 10.0 Å². The normalized spacial score (nSPS) is 13.1. The van der Waals surface area contributed by atoms with Crippen molar-refractivity contribution in [2.24, 2.45) is 0 Å². The maximum Gasteiger partial charge on any atom is 0.243 e. The van der Waals surface area contributed by atoms with Crippen LogP contribution >= 0.6 is 0 Å². The summed E-state index contributed by atoms with van der Waals surface area (Å²) in [7, 11) is -3.88. The van der Waals surface area contributed by atoms with Gasteiger partial charge in [0, 0.05) is 12.6 Å². The molecular formula is C19H25FN2O2S. The first-order valence-electron chi connectivity index (χ1n) is 8.50. The molecule has 0 amide bonds. The number of hydrogen-bond acceptors (Lipinski definition) is 3. The summed E-state index contributed by atoms with van der Waals surface area (Å²) < 4.78 is 41.3. The molecule has 0 heterocycles. The van der Waals surface area contributed by atoms with Gasteiger partial charge in [-0.3, -0.25) is 4.90 Å². The first-order valence-corrected chi connectivity index (χ1v) is 9.98. The van der Waals surface area contributed by atoms with Gasteiger partial charge in [-0.1, -0.05) is 56.3 Å². The molecule has 1 atom stereocenters. The summed E-state index contributed by atoms with van der Waals surface area (Å²) in [6, 6.07) is 15.4. The molecule has 2 aromatic rings. The zero-order valence-electron chi connectivity index (χ0n) is 14.7. The lowest BCUT2D eigenvalue weighted by Gasteiger charge is -2.30. The molecule has 1 unspecified atom stereocenters. The molecule has 0 saturated carbocycles. The summed E-state index contributed by atoms with van der Waals surface area (Å²) in [5, 5.41) is 0. The summed E-state index contributed by atoms with van der Waals surface area (Å²) in [5.41, 5.74) is 1.14. The van der Waals surface area contributed by atoms with Gasteiger partial charge in [-0.2, -0.15) is 0 Å². The molecule has 2 rings (SSSR count). The molecule has 0 radical (unpaired) electrons. The molecule has 2 aromatic carbocycles. The lowest BCUT2D eigenvalue weighted by atomic mass is 10.0.